The number of benzene rings is 3. The zero-order valence-corrected chi connectivity index (χ0v) is 14.8. The fourth-order valence-corrected chi connectivity index (χ4v) is 4.11. The van der Waals surface area contributed by atoms with Gasteiger partial charge in [-0.25, -0.2) is 0 Å². The van der Waals surface area contributed by atoms with E-state index in [-0.39, 0.29) is 11.5 Å². The first-order valence-electron chi connectivity index (χ1n) is 9.18. The molecule has 1 aliphatic heterocycles. The van der Waals surface area contributed by atoms with E-state index in [1.165, 1.54) is 0 Å². The summed E-state index contributed by atoms with van der Waals surface area (Å²) < 4.78 is 5.47. The van der Waals surface area contributed by atoms with Gasteiger partial charge >= 0.3 is 0 Å². The van der Waals surface area contributed by atoms with Gasteiger partial charge in [-0.15, -0.1) is 0 Å². The topological polar surface area (TPSA) is 49.8 Å². The van der Waals surface area contributed by atoms with Gasteiger partial charge in [0.2, 0.25) is 0 Å². The molecule has 3 aromatic rings. The molecule has 5 rings (SSSR count). The lowest BCUT2D eigenvalue weighted by atomic mass is 9.83. The van der Waals surface area contributed by atoms with E-state index in [0.29, 0.717) is 24.4 Å². The van der Waals surface area contributed by atoms with E-state index in [1.54, 1.807) is 0 Å². The van der Waals surface area contributed by atoms with E-state index < -0.39 is 0 Å². The number of carbonyl (C=O) groups excluding carboxylic acids is 1. The molecule has 1 aliphatic carbocycles. The van der Waals surface area contributed by atoms with Crippen LogP contribution in [0.5, 0.6) is 0 Å². The Morgan fingerprint density at radius 2 is 1.63 bits per heavy atom. The van der Waals surface area contributed by atoms with Crippen LogP contribution in [0.4, 0.5) is 5.69 Å². The number of anilines is 1. The largest absolute Gasteiger partial charge is 0.507 e. The number of hydrogen-bond donors (Lipinski definition) is 1. The Kier molecular flexibility index (Phi) is 3.73. The summed E-state index contributed by atoms with van der Waals surface area (Å²) in [5, 5.41) is 12.8. The Balaban J connectivity index is 1.76. The van der Waals surface area contributed by atoms with Crippen molar-refractivity contribution in [1.29, 1.82) is 0 Å². The molecule has 0 atom stereocenters. The summed E-state index contributed by atoms with van der Waals surface area (Å²) in [5.74, 6) is -0.0700. The first kappa shape index (κ1) is 16.1. The average molecular weight is 357 g/mol. The monoisotopic (exact) mass is 357 g/mol. The van der Waals surface area contributed by atoms with Gasteiger partial charge in [-0.3, -0.25) is 4.79 Å². The van der Waals surface area contributed by atoms with Gasteiger partial charge in [-0.05, 0) is 17.7 Å². The number of nitrogens with zero attached hydrogens (tertiary/aromatic N) is 1. The lowest BCUT2D eigenvalue weighted by Gasteiger charge is -2.31. The molecule has 1 saturated heterocycles. The van der Waals surface area contributed by atoms with E-state index in [4.69, 9.17) is 4.74 Å². The Morgan fingerprint density at radius 3 is 2.41 bits per heavy atom. The average Bonchev–Trinajstić information content (AvgIpc) is 2.73. The first-order chi connectivity index (χ1) is 13.3. The second-order valence-electron chi connectivity index (χ2n) is 6.88. The fraction of sp³-hybridized carbons (Fsp3) is 0.174. The molecule has 0 aromatic heterocycles. The van der Waals surface area contributed by atoms with Crippen molar-refractivity contribution in [2.45, 2.75) is 0 Å². The highest BCUT2D eigenvalue weighted by molar-refractivity contribution is 6.40. The number of hydrogen-bond acceptors (Lipinski definition) is 4. The second kappa shape index (κ2) is 6.25. The SMILES string of the molecule is O=C1C(c2ccccc2)=C(O)c2cccc3c(N4CCOCC4)ccc1c23. The molecule has 1 N–H and O–H groups in total. The molecule has 0 bridgehead atoms. The van der Waals surface area contributed by atoms with Crippen LogP contribution in [0.25, 0.3) is 22.1 Å². The van der Waals surface area contributed by atoms with Crippen LogP contribution in [0.2, 0.25) is 0 Å². The highest BCUT2D eigenvalue weighted by atomic mass is 16.5. The van der Waals surface area contributed by atoms with Crippen molar-refractivity contribution >= 4 is 33.6 Å². The van der Waals surface area contributed by atoms with Gasteiger partial charge in [0.15, 0.2) is 5.78 Å². The van der Waals surface area contributed by atoms with Crippen LogP contribution in [0.3, 0.4) is 0 Å². The van der Waals surface area contributed by atoms with E-state index in [9.17, 15) is 9.90 Å². The highest BCUT2D eigenvalue weighted by Crippen LogP contribution is 2.42. The fourth-order valence-electron chi connectivity index (χ4n) is 4.11. The van der Waals surface area contributed by atoms with Gasteiger partial charge in [0.05, 0.1) is 18.8 Å². The minimum Gasteiger partial charge on any atom is -0.507 e. The van der Waals surface area contributed by atoms with Crippen molar-refractivity contribution in [3.8, 4) is 0 Å². The molecule has 1 fully saturated rings. The summed E-state index contributed by atoms with van der Waals surface area (Å²) in [6.07, 6.45) is 0. The normalized spacial score (nSPS) is 16.9. The summed E-state index contributed by atoms with van der Waals surface area (Å²) in [7, 11) is 0. The molecule has 3 aromatic carbocycles. The summed E-state index contributed by atoms with van der Waals surface area (Å²) in [6.45, 7) is 3.05. The molecular weight excluding hydrogens is 338 g/mol. The predicted octanol–water partition coefficient (Wildman–Crippen LogP) is 4.30. The molecule has 0 unspecified atom stereocenters. The molecule has 0 saturated carbocycles. The van der Waals surface area contributed by atoms with E-state index in [2.05, 4.69) is 4.90 Å². The molecule has 2 aliphatic rings. The molecule has 0 spiro atoms. The van der Waals surface area contributed by atoms with Gasteiger partial charge < -0.3 is 14.7 Å². The van der Waals surface area contributed by atoms with Crippen molar-refractivity contribution in [2.24, 2.45) is 0 Å². The van der Waals surface area contributed by atoms with Gasteiger partial charge in [0.1, 0.15) is 5.76 Å². The minimum atomic E-state index is -0.129. The Hall–Kier alpha value is -3.11. The maximum atomic E-state index is 13.3. The maximum absolute atomic E-state index is 13.3. The number of rotatable bonds is 2. The van der Waals surface area contributed by atoms with Gasteiger partial charge in [-0.2, -0.15) is 0 Å². The molecule has 4 heteroatoms. The molecule has 1 heterocycles. The number of carbonyl (C=O) groups is 1. The Morgan fingerprint density at radius 1 is 0.852 bits per heavy atom. The summed E-state index contributed by atoms with van der Waals surface area (Å²) in [6, 6.07) is 19.1. The third-order valence-electron chi connectivity index (χ3n) is 5.40. The van der Waals surface area contributed by atoms with Crippen LogP contribution >= 0.6 is 0 Å². The number of ether oxygens (including phenoxy) is 1. The zero-order chi connectivity index (χ0) is 18.4. The second-order valence-corrected chi connectivity index (χ2v) is 6.88. The van der Waals surface area contributed by atoms with E-state index >= 15 is 0 Å². The summed E-state index contributed by atoms with van der Waals surface area (Å²) >= 11 is 0. The third-order valence-corrected chi connectivity index (χ3v) is 5.40. The molecule has 27 heavy (non-hydrogen) atoms. The number of morpholine rings is 1. The van der Waals surface area contributed by atoms with Crippen LogP contribution in [0, 0.1) is 0 Å². The van der Waals surface area contributed by atoms with Crippen molar-refractivity contribution in [3.63, 3.8) is 0 Å². The minimum absolute atomic E-state index is 0.0587. The third kappa shape index (κ3) is 2.45. The van der Waals surface area contributed by atoms with Crippen molar-refractivity contribution in [3.05, 3.63) is 77.4 Å². The lowest BCUT2D eigenvalue weighted by molar-refractivity contribution is 0.105. The van der Waals surface area contributed by atoms with E-state index in [1.807, 2.05) is 60.7 Å². The number of allylic oxidation sites excluding steroid dienone is 1. The lowest BCUT2D eigenvalue weighted by Crippen LogP contribution is -2.36. The molecule has 4 nitrogen and oxygen atoms in total. The van der Waals surface area contributed by atoms with Crippen LogP contribution < -0.4 is 4.90 Å². The maximum Gasteiger partial charge on any atom is 0.198 e. The van der Waals surface area contributed by atoms with Gasteiger partial charge in [-0.1, -0.05) is 48.5 Å². The molecule has 134 valence electrons. The molecular formula is C23H19NO3. The Bertz CT molecular complexity index is 1080. The standard InChI is InChI=1S/C23H19NO3/c25-22-17-8-4-7-16-19(24-11-13-27-14-12-24)10-9-18(21(16)17)23(26)20(22)15-5-2-1-3-6-15/h1-10,25H,11-14H2. The number of aliphatic hydroxyl groups is 1. The number of Topliss-reactive ketones (excluding diaryl/α,β-unsaturated/α-hetero) is 1. The van der Waals surface area contributed by atoms with Crippen molar-refractivity contribution < 1.29 is 14.6 Å². The van der Waals surface area contributed by atoms with Crippen LogP contribution in [-0.2, 0) is 4.74 Å². The quantitative estimate of drug-likeness (QED) is 0.743. The summed E-state index contributed by atoms with van der Waals surface area (Å²) in [4.78, 5) is 15.5. The van der Waals surface area contributed by atoms with E-state index in [0.717, 1.165) is 40.7 Å². The smallest absolute Gasteiger partial charge is 0.198 e. The molecule has 0 amide bonds. The predicted molar refractivity (Wildman–Crippen MR) is 107 cm³/mol. The van der Waals surface area contributed by atoms with Crippen LogP contribution in [0.15, 0.2) is 60.7 Å². The first-order valence-corrected chi connectivity index (χ1v) is 9.18. The highest BCUT2D eigenvalue weighted by Gasteiger charge is 2.30. The van der Waals surface area contributed by atoms with Crippen LogP contribution in [-0.4, -0.2) is 37.2 Å². The number of ketones is 1. The number of aliphatic hydroxyl groups excluding tert-OH is 1. The van der Waals surface area contributed by atoms with Gasteiger partial charge in [0.25, 0.3) is 0 Å². The van der Waals surface area contributed by atoms with Crippen molar-refractivity contribution in [2.75, 3.05) is 31.2 Å². The zero-order valence-electron chi connectivity index (χ0n) is 14.8. The summed E-state index contributed by atoms with van der Waals surface area (Å²) in [5.41, 5.74) is 3.56. The van der Waals surface area contributed by atoms with Crippen molar-refractivity contribution in [1.82, 2.24) is 0 Å². The molecule has 0 radical (unpaired) electrons. The van der Waals surface area contributed by atoms with Crippen LogP contribution in [0.1, 0.15) is 21.5 Å². The Labute approximate surface area is 157 Å². The van der Waals surface area contributed by atoms with Gasteiger partial charge in [0, 0.05) is 40.7 Å².